The number of fused-ring (bicyclic) bond motifs is 3. The second-order valence-electron chi connectivity index (χ2n) is 14.8. The summed E-state index contributed by atoms with van der Waals surface area (Å²) in [7, 11) is 6.39. The zero-order valence-electron chi connectivity index (χ0n) is 32.3. The lowest BCUT2D eigenvalue weighted by molar-refractivity contribution is -0.153. The average Bonchev–Trinajstić information content (AvgIpc) is 3.09. The number of phenolic OH excluding ortho intramolecular Hbond substituents is 1. The average molecular weight is 778 g/mol. The monoisotopic (exact) mass is 777 g/mol. The van der Waals surface area contributed by atoms with Gasteiger partial charge in [0.15, 0.2) is 11.4 Å². The van der Waals surface area contributed by atoms with E-state index in [-0.39, 0.29) is 41.8 Å². The van der Waals surface area contributed by atoms with Crippen molar-refractivity contribution in [1.82, 2.24) is 9.80 Å². The molecular weight excluding hydrogens is 730 g/mol. The number of aliphatic hydroxyl groups is 3. The van der Waals surface area contributed by atoms with E-state index < -0.39 is 95.1 Å². The smallest absolute Gasteiger partial charge is 0.413 e. The molecule has 5 rings (SSSR count). The van der Waals surface area contributed by atoms with Crippen LogP contribution in [0.5, 0.6) is 5.75 Å². The number of ether oxygens (including phenoxy) is 2. The number of nitrogens with two attached hydrogens (primary N) is 1. The van der Waals surface area contributed by atoms with Crippen molar-refractivity contribution in [3.05, 3.63) is 69.0 Å². The molecule has 3 amide bonds. The Morgan fingerprint density at radius 3 is 2.20 bits per heavy atom. The molecule has 3 aliphatic carbocycles. The first-order valence-corrected chi connectivity index (χ1v) is 17.9. The number of rotatable bonds is 11. The summed E-state index contributed by atoms with van der Waals surface area (Å²) in [6.07, 6.45) is -0.574. The number of hydrogen-bond donors (Lipinski definition) is 6. The van der Waals surface area contributed by atoms with Crippen LogP contribution in [0.3, 0.4) is 0 Å². The molecule has 0 aliphatic heterocycles. The minimum absolute atomic E-state index is 0.0357. The highest BCUT2D eigenvalue weighted by atomic mass is 16.7. The first-order valence-electron chi connectivity index (χ1n) is 17.9. The Bertz CT molecular complexity index is 2070. The molecule has 17 heteroatoms. The van der Waals surface area contributed by atoms with Crippen LogP contribution in [-0.4, -0.2) is 125 Å². The van der Waals surface area contributed by atoms with Gasteiger partial charge in [0.05, 0.1) is 22.9 Å². The highest BCUT2D eigenvalue weighted by Gasteiger charge is 2.64. The van der Waals surface area contributed by atoms with E-state index in [0.29, 0.717) is 17.7 Å². The number of nitrogens with zero attached hydrogens (tertiary/aromatic N) is 3. The van der Waals surface area contributed by atoms with Crippen LogP contribution in [0.4, 0.5) is 16.2 Å². The second kappa shape index (κ2) is 15.7. The van der Waals surface area contributed by atoms with Crippen LogP contribution in [0.25, 0.3) is 5.76 Å². The van der Waals surface area contributed by atoms with Gasteiger partial charge in [0, 0.05) is 37.8 Å². The highest BCUT2D eigenvalue weighted by molar-refractivity contribution is 6.24. The highest BCUT2D eigenvalue weighted by Crippen LogP contribution is 2.54. The quantitative estimate of drug-likeness (QED) is 0.0829. The number of aromatic hydroxyl groups is 1. The van der Waals surface area contributed by atoms with E-state index in [1.807, 2.05) is 19.9 Å². The van der Waals surface area contributed by atoms with Gasteiger partial charge >= 0.3 is 12.1 Å². The number of aliphatic hydroxyl groups excluding tert-OH is 2. The fourth-order valence-electron chi connectivity index (χ4n) is 8.05. The van der Waals surface area contributed by atoms with Crippen molar-refractivity contribution in [3.8, 4) is 5.75 Å². The summed E-state index contributed by atoms with van der Waals surface area (Å²) in [5.41, 5.74) is 3.71. The van der Waals surface area contributed by atoms with Gasteiger partial charge in [-0.05, 0) is 76.9 Å². The molecule has 0 aromatic heterocycles. The van der Waals surface area contributed by atoms with Crippen LogP contribution < -0.4 is 16.0 Å². The number of amides is 3. The van der Waals surface area contributed by atoms with Crippen LogP contribution in [0, 0.1) is 25.7 Å². The normalized spacial score (nSPS) is 21.6. The molecule has 2 aromatic carbocycles. The molecule has 1 fully saturated rings. The van der Waals surface area contributed by atoms with Crippen molar-refractivity contribution in [3.63, 3.8) is 0 Å². The number of nitrogens with one attached hydrogen (secondary N) is 1. The summed E-state index contributed by atoms with van der Waals surface area (Å²) in [4.78, 5) is 82.9. The third kappa shape index (κ3) is 7.26. The van der Waals surface area contributed by atoms with E-state index in [9.17, 15) is 49.2 Å². The topological polar surface area (TPSA) is 250 Å². The standard InChI is InChI=1S/C39H47N5O12/c1-8-9-44(38(53)56-17-55-37(52)21-11-18(2)10-19(3)12-21)16-26(45)41-24-15-25(42(4)5)22-13-20-14-23-30(43(6)7)33(48)29(36(40)51)35(50)39(23,54)34(49)27(20)32(47)28(22)31(24)46/h10-12,15,20,23,30,46-47,50,54H,8-9,13-14,16-17H2,1-7H3,(H2,40,51)(H,41,45)/t20-,23-,30-,39-/m0/s1. The van der Waals surface area contributed by atoms with Crippen LogP contribution >= 0.6 is 0 Å². The number of carbonyl (C=O) groups is 6. The number of Topliss-reactive ketones (excluding diaryl/α,β-unsaturated/α-hetero) is 2. The number of carbonyl (C=O) groups excluding carboxylic acids is 6. The molecule has 0 radical (unpaired) electrons. The molecule has 0 bridgehead atoms. The van der Waals surface area contributed by atoms with E-state index in [2.05, 4.69) is 5.32 Å². The van der Waals surface area contributed by atoms with E-state index in [1.54, 1.807) is 38.1 Å². The number of aryl methyl sites for hydroxylation is 2. The Kier molecular flexibility index (Phi) is 11.5. The van der Waals surface area contributed by atoms with E-state index in [0.717, 1.165) is 16.0 Å². The third-order valence-electron chi connectivity index (χ3n) is 10.4. The molecule has 2 aromatic rings. The maximum absolute atomic E-state index is 14.3. The third-order valence-corrected chi connectivity index (χ3v) is 10.4. The molecule has 0 heterocycles. The first-order chi connectivity index (χ1) is 26.2. The molecule has 7 N–H and O–H groups in total. The maximum Gasteiger partial charge on any atom is 0.413 e. The molecule has 3 aliphatic rings. The molecule has 300 valence electrons. The molecule has 0 saturated heterocycles. The second-order valence-corrected chi connectivity index (χ2v) is 14.8. The molecule has 0 unspecified atom stereocenters. The van der Waals surface area contributed by atoms with E-state index in [1.165, 1.54) is 25.1 Å². The largest absolute Gasteiger partial charge is 0.508 e. The summed E-state index contributed by atoms with van der Waals surface area (Å²) in [5, 5.41) is 48.9. The zero-order chi connectivity index (χ0) is 41.5. The van der Waals surface area contributed by atoms with Gasteiger partial charge in [-0.15, -0.1) is 0 Å². The lowest BCUT2D eigenvalue weighted by atomic mass is 9.57. The lowest BCUT2D eigenvalue weighted by Gasteiger charge is -2.50. The maximum atomic E-state index is 14.3. The number of benzene rings is 2. The van der Waals surface area contributed by atoms with Crippen molar-refractivity contribution in [2.24, 2.45) is 17.6 Å². The number of primary amides is 1. The Labute approximate surface area is 322 Å². The fraction of sp³-hybridized carbons (Fsp3) is 0.436. The predicted octanol–water partition coefficient (Wildman–Crippen LogP) is 2.25. The fourth-order valence-corrected chi connectivity index (χ4v) is 8.05. The van der Waals surface area contributed by atoms with Crippen LogP contribution in [0.15, 0.2) is 41.2 Å². The van der Waals surface area contributed by atoms with Gasteiger partial charge in [-0.2, -0.15) is 0 Å². The molecule has 4 atom stereocenters. The molecule has 0 spiro atoms. The molecule has 17 nitrogen and oxygen atoms in total. The van der Waals surface area contributed by atoms with Crippen LogP contribution in [0.2, 0.25) is 0 Å². The molecule has 1 saturated carbocycles. The van der Waals surface area contributed by atoms with Gasteiger partial charge in [0.25, 0.3) is 5.91 Å². The van der Waals surface area contributed by atoms with Gasteiger partial charge in [-0.1, -0.05) is 24.1 Å². The lowest BCUT2D eigenvalue weighted by Crippen LogP contribution is -2.65. The summed E-state index contributed by atoms with van der Waals surface area (Å²) >= 11 is 0. The minimum Gasteiger partial charge on any atom is -0.508 e. The van der Waals surface area contributed by atoms with Crippen molar-refractivity contribution in [2.75, 3.05) is 58.3 Å². The summed E-state index contributed by atoms with van der Waals surface area (Å²) in [6.45, 7) is 4.23. The summed E-state index contributed by atoms with van der Waals surface area (Å²) in [6, 6.07) is 5.38. The van der Waals surface area contributed by atoms with Gasteiger partial charge in [0.2, 0.25) is 18.5 Å². The molecular formula is C39H47N5O12. The Hall–Kier alpha value is -5.94. The van der Waals surface area contributed by atoms with Gasteiger partial charge in [-0.3, -0.25) is 29.0 Å². The number of anilines is 2. The molecule has 56 heavy (non-hydrogen) atoms. The zero-order valence-corrected chi connectivity index (χ0v) is 32.3. The van der Waals surface area contributed by atoms with E-state index in [4.69, 9.17) is 15.2 Å². The van der Waals surface area contributed by atoms with Gasteiger partial charge in [0.1, 0.15) is 29.4 Å². The Balaban J connectivity index is 1.42. The number of ketones is 2. The van der Waals surface area contributed by atoms with Gasteiger partial charge < -0.3 is 45.9 Å². The predicted molar refractivity (Wildman–Crippen MR) is 202 cm³/mol. The first kappa shape index (κ1) is 41.2. The summed E-state index contributed by atoms with van der Waals surface area (Å²) in [5.74, 6) is -9.45. The Morgan fingerprint density at radius 2 is 1.62 bits per heavy atom. The summed E-state index contributed by atoms with van der Waals surface area (Å²) < 4.78 is 10.2. The number of likely N-dealkylation sites (N-methyl/N-ethyl adjacent to an activating group) is 1. The van der Waals surface area contributed by atoms with Crippen molar-refractivity contribution >= 4 is 52.6 Å². The van der Waals surface area contributed by atoms with Crippen molar-refractivity contribution < 1.29 is 58.7 Å². The van der Waals surface area contributed by atoms with Crippen molar-refractivity contribution in [2.45, 2.75) is 51.7 Å². The SMILES string of the molecule is CCCN(CC(=O)Nc1cc(N(C)C)c2c(c1O)C(O)=C1C(=O)[C@]3(O)C(O)=C(C(N)=O)C(=O)[C@@H](N(C)C)[C@@H]3C[C@@H]1C2)C(=O)OCOC(=O)c1cc(C)cc(C)c1. The van der Waals surface area contributed by atoms with E-state index >= 15 is 0 Å². The number of hydrogen-bond acceptors (Lipinski definition) is 14. The Morgan fingerprint density at radius 1 is 0.982 bits per heavy atom. The van der Waals surface area contributed by atoms with Crippen LogP contribution in [0.1, 0.15) is 52.4 Å². The van der Waals surface area contributed by atoms with Crippen molar-refractivity contribution in [1.29, 1.82) is 0 Å². The number of phenols is 1. The van der Waals surface area contributed by atoms with Crippen LogP contribution in [-0.2, 0) is 35.1 Å². The number of esters is 1. The minimum atomic E-state index is -2.81. The van der Waals surface area contributed by atoms with Gasteiger partial charge in [-0.25, -0.2) is 9.59 Å².